The van der Waals surface area contributed by atoms with Gasteiger partial charge in [-0.25, -0.2) is 4.98 Å². The van der Waals surface area contributed by atoms with E-state index in [1.165, 1.54) is 22.3 Å². The third-order valence-corrected chi connectivity index (χ3v) is 5.27. The fraction of sp³-hybridized carbons (Fsp3) is 0.238. The van der Waals surface area contributed by atoms with Crippen LogP contribution in [0.5, 0.6) is 0 Å². The van der Waals surface area contributed by atoms with Crippen molar-refractivity contribution < 1.29 is 4.79 Å². The zero-order valence-corrected chi connectivity index (χ0v) is 13.9. The standard InChI is InChI=1S/C21H19N3O/c25-20-8-6-17(23-20)13-24-10-9-22-21(24)15-5-7-19-16(12-15)11-14-3-1-2-4-18(14)19/h1-5,7,9-10,12,17H,6,8,11,13H2,(H,23,25). The summed E-state index contributed by atoms with van der Waals surface area (Å²) < 4.78 is 2.15. The molecule has 1 aromatic heterocycles. The van der Waals surface area contributed by atoms with Crippen molar-refractivity contribution in [1.82, 2.24) is 14.9 Å². The molecule has 1 amide bonds. The number of carbonyl (C=O) groups is 1. The van der Waals surface area contributed by atoms with Crippen LogP contribution >= 0.6 is 0 Å². The summed E-state index contributed by atoms with van der Waals surface area (Å²) in [5.41, 5.74) is 6.58. The Labute approximate surface area is 146 Å². The van der Waals surface area contributed by atoms with Gasteiger partial charge in [-0.1, -0.05) is 36.4 Å². The van der Waals surface area contributed by atoms with Crippen molar-refractivity contribution in [2.75, 3.05) is 0 Å². The highest BCUT2D eigenvalue weighted by Gasteiger charge is 2.23. The molecule has 1 aliphatic carbocycles. The zero-order chi connectivity index (χ0) is 16.8. The molecule has 2 aromatic carbocycles. The van der Waals surface area contributed by atoms with E-state index in [9.17, 15) is 4.79 Å². The van der Waals surface area contributed by atoms with Crippen molar-refractivity contribution in [3.05, 3.63) is 66.0 Å². The Morgan fingerprint density at radius 1 is 1.12 bits per heavy atom. The molecule has 0 saturated carbocycles. The van der Waals surface area contributed by atoms with Crippen LogP contribution in [0.15, 0.2) is 54.9 Å². The third-order valence-electron chi connectivity index (χ3n) is 5.27. The molecule has 0 spiro atoms. The van der Waals surface area contributed by atoms with Crippen LogP contribution in [0.25, 0.3) is 22.5 Å². The number of imidazole rings is 1. The molecule has 124 valence electrons. The van der Waals surface area contributed by atoms with Gasteiger partial charge in [0.15, 0.2) is 0 Å². The molecule has 0 bridgehead atoms. The van der Waals surface area contributed by atoms with Gasteiger partial charge in [0.05, 0.1) is 0 Å². The predicted molar refractivity (Wildman–Crippen MR) is 97.1 cm³/mol. The van der Waals surface area contributed by atoms with E-state index in [0.717, 1.165) is 30.8 Å². The number of nitrogens with zero attached hydrogens (tertiary/aromatic N) is 2. The lowest BCUT2D eigenvalue weighted by molar-refractivity contribution is -0.119. The molecule has 2 aliphatic rings. The molecule has 4 nitrogen and oxygen atoms in total. The second-order valence-corrected chi connectivity index (χ2v) is 6.91. The summed E-state index contributed by atoms with van der Waals surface area (Å²) in [6.07, 6.45) is 6.36. The Morgan fingerprint density at radius 2 is 2.00 bits per heavy atom. The van der Waals surface area contributed by atoms with Crippen LogP contribution in [0.1, 0.15) is 24.0 Å². The number of hydrogen-bond acceptors (Lipinski definition) is 2. The van der Waals surface area contributed by atoms with Crippen LogP contribution < -0.4 is 5.32 Å². The summed E-state index contributed by atoms with van der Waals surface area (Å²) in [5.74, 6) is 1.13. The molecule has 1 N–H and O–H groups in total. The SMILES string of the molecule is O=C1CCC(Cn2ccnc2-c2ccc3c(c2)Cc2ccccc2-3)N1. The minimum absolute atomic E-state index is 0.155. The van der Waals surface area contributed by atoms with Gasteiger partial charge in [0.25, 0.3) is 0 Å². The highest BCUT2D eigenvalue weighted by atomic mass is 16.1. The number of rotatable bonds is 3. The second kappa shape index (κ2) is 5.59. The minimum atomic E-state index is 0.155. The molecule has 4 heteroatoms. The largest absolute Gasteiger partial charge is 0.352 e. The highest BCUT2D eigenvalue weighted by Crippen LogP contribution is 2.38. The van der Waals surface area contributed by atoms with Gasteiger partial charge in [-0.15, -0.1) is 0 Å². The van der Waals surface area contributed by atoms with Crippen molar-refractivity contribution in [2.45, 2.75) is 31.8 Å². The maximum atomic E-state index is 11.4. The predicted octanol–water partition coefficient (Wildman–Crippen LogP) is 3.40. The average molecular weight is 329 g/mol. The molecule has 1 unspecified atom stereocenters. The summed E-state index contributed by atoms with van der Waals surface area (Å²) in [6.45, 7) is 0.776. The van der Waals surface area contributed by atoms with Crippen LogP contribution in [0.4, 0.5) is 0 Å². The molecule has 0 radical (unpaired) electrons. The normalized spacial score (nSPS) is 18.1. The fourth-order valence-electron chi connectivity index (χ4n) is 4.05. The summed E-state index contributed by atoms with van der Waals surface area (Å²) in [6, 6.07) is 15.5. The summed E-state index contributed by atoms with van der Waals surface area (Å²) in [7, 11) is 0. The van der Waals surface area contributed by atoms with Crippen molar-refractivity contribution >= 4 is 5.91 Å². The lowest BCUT2D eigenvalue weighted by Gasteiger charge is -2.14. The Morgan fingerprint density at radius 3 is 2.88 bits per heavy atom. The first-order valence-electron chi connectivity index (χ1n) is 8.80. The molecular formula is C21H19N3O. The maximum Gasteiger partial charge on any atom is 0.220 e. The van der Waals surface area contributed by atoms with Gasteiger partial charge in [-0.2, -0.15) is 0 Å². The number of benzene rings is 2. The molecule has 3 aromatic rings. The summed E-state index contributed by atoms with van der Waals surface area (Å²) in [4.78, 5) is 16.0. The Bertz CT molecular complexity index is 973. The molecule has 1 saturated heterocycles. The van der Waals surface area contributed by atoms with Crippen LogP contribution in [0, 0.1) is 0 Å². The second-order valence-electron chi connectivity index (χ2n) is 6.91. The first-order valence-corrected chi connectivity index (χ1v) is 8.80. The molecule has 5 rings (SSSR count). The van der Waals surface area contributed by atoms with Crippen molar-refractivity contribution in [2.24, 2.45) is 0 Å². The maximum absolute atomic E-state index is 11.4. The lowest BCUT2D eigenvalue weighted by Crippen LogP contribution is -2.29. The number of hydrogen-bond donors (Lipinski definition) is 1. The quantitative estimate of drug-likeness (QED) is 0.626. The van der Waals surface area contributed by atoms with E-state index in [4.69, 9.17) is 0 Å². The van der Waals surface area contributed by atoms with Crippen LogP contribution in [-0.2, 0) is 17.8 Å². The number of amides is 1. The van der Waals surface area contributed by atoms with Gasteiger partial charge >= 0.3 is 0 Å². The van der Waals surface area contributed by atoms with Crippen LogP contribution in [0.2, 0.25) is 0 Å². The Hall–Kier alpha value is -2.88. The molecule has 2 heterocycles. The van der Waals surface area contributed by atoms with E-state index in [1.54, 1.807) is 0 Å². The first-order chi connectivity index (χ1) is 12.3. The van der Waals surface area contributed by atoms with Crippen LogP contribution in [-0.4, -0.2) is 21.5 Å². The van der Waals surface area contributed by atoms with E-state index >= 15 is 0 Å². The van der Waals surface area contributed by atoms with E-state index < -0.39 is 0 Å². The highest BCUT2D eigenvalue weighted by molar-refractivity contribution is 5.79. The molecular weight excluding hydrogens is 310 g/mol. The van der Waals surface area contributed by atoms with E-state index in [-0.39, 0.29) is 11.9 Å². The van der Waals surface area contributed by atoms with Gasteiger partial charge in [-0.3, -0.25) is 4.79 Å². The van der Waals surface area contributed by atoms with Gasteiger partial charge in [0, 0.05) is 37.0 Å². The fourth-order valence-corrected chi connectivity index (χ4v) is 4.05. The smallest absolute Gasteiger partial charge is 0.220 e. The number of aromatic nitrogens is 2. The van der Waals surface area contributed by atoms with Crippen molar-refractivity contribution in [1.29, 1.82) is 0 Å². The topological polar surface area (TPSA) is 46.9 Å². The van der Waals surface area contributed by atoms with E-state index in [1.807, 2.05) is 12.4 Å². The van der Waals surface area contributed by atoms with Gasteiger partial charge in [-0.05, 0) is 41.2 Å². The molecule has 1 fully saturated rings. The Kier molecular flexibility index (Phi) is 3.23. The van der Waals surface area contributed by atoms with Gasteiger partial charge in [0.1, 0.15) is 5.82 Å². The number of fused-ring (bicyclic) bond motifs is 3. The monoisotopic (exact) mass is 329 g/mol. The van der Waals surface area contributed by atoms with Crippen molar-refractivity contribution in [3.8, 4) is 22.5 Å². The van der Waals surface area contributed by atoms with E-state index in [0.29, 0.717) is 6.42 Å². The van der Waals surface area contributed by atoms with E-state index in [2.05, 4.69) is 57.3 Å². The summed E-state index contributed by atoms with van der Waals surface area (Å²) >= 11 is 0. The van der Waals surface area contributed by atoms with Crippen LogP contribution in [0.3, 0.4) is 0 Å². The lowest BCUT2D eigenvalue weighted by atomic mass is 10.0. The first kappa shape index (κ1) is 14.5. The molecule has 25 heavy (non-hydrogen) atoms. The number of nitrogens with one attached hydrogen (secondary N) is 1. The third kappa shape index (κ3) is 2.45. The van der Waals surface area contributed by atoms with Gasteiger partial charge < -0.3 is 9.88 Å². The van der Waals surface area contributed by atoms with Crippen molar-refractivity contribution in [3.63, 3.8) is 0 Å². The Balaban J connectivity index is 1.47. The minimum Gasteiger partial charge on any atom is -0.352 e. The summed E-state index contributed by atoms with van der Waals surface area (Å²) in [5, 5.41) is 3.04. The van der Waals surface area contributed by atoms with Gasteiger partial charge in [0.2, 0.25) is 5.91 Å². The molecule has 1 atom stereocenters. The molecule has 1 aliphatic heterocycles. The zero-order valence-electron chi connectivity index (χ0n) is 13.9. The average Bonchev–Trinajstić information content (AvgIpc) is 3.33. The number of carbonyl (C=O) groups excluding carboxylic acids is 1.